The maximum atomic E-state index is 12.5. The minimum atomic E-state index is -0.0962. The Labute approximate surface area is 145 Å². The molecule has 1 unspecified atom stereocenters. The van der Waals surface area contributed by atoms with Crippen molar-refractivity contribution in [1.82, 2.24) is 10.2 Å². The molecule has 2 saturated heterocycles. The number of hydrogen-bond acceptors (Lipinski definition) is 3. The van der Waals surface area contributed by atoms with E-state index >= 15 is 0 Å². The Morgan fingerprint density at radius 1 is 1.08 bits per heavy atom. The monoisotopic (exact) mass is 336 g/mol. The average molecular weight is 336 g/mol. The number of hydrogen-bond donors (Lipinski definition) is 1. The molecular formula is C19H32N2O3. The Morgan fingerprint density at radius 3 is 2.46 bits per heavy atom. The van der Waals surface area contributed by atoms with Gasteiger partial charge in [0.25, 0.3) is 0 Å². The van der Waals surface area contributed by atoms with Crippen molar-refractivity contribution in [3.8, 4) is 0 Å². The summed E-state index contributed by atoms with van der Waals surface area (Å²) in [6.07, 6.45) is 10.2. The highest BCUT2D eigenvalue weighted by Gasteiger charge is 2.41. The highest BCUT2D eigenvalue weighted by Crippen LogP contribution is 2.39. The lowest BCUT2D eigenvalue weighted by atomic mass is 9.78. The van der Waals surface area contributed by atoms with Gasteiger partial charge in [0.1, 0.15) is 0 Å². The number of carbonyl (C=O) groups excluding carboxylic acids is 2. The van der Waals surface area contributed by atoms with Crippen LogP contribution in [0.1, 0.15) is 64.2 Å². The van der Waals surface area contributed by atoms with Crippen molar-refractivity contribution >= 4 is 11.8 Å². The SMILES string of the molecule is CNC(=O)CC1CCOC2(CCN(C(=O)CC3CCCC3)CC2)C1. The van der Waals surface area contributed by atoms with Gasteiger partial charge in [0.05, 0.1) is 5.60 Å². The largest absolute Gasteiger partial charge is 0.375 e. The molecule has 0 aromatic rings. The van der Waals surface area contributed by atoms with Gasteiger partial charge in [-0.3, -0.25) is 9.59 Å². The molecule has 1 aliphatic carbocycles. The lowest BCUT2D eigenvalue weighted by Crippen LogP contribution is -2.51. The van der Waals surface area contributed by atoms with E-state index < -0.39 is 0 Å². The second kappa shape index (κ2) is 7.85. The van der Waals surface area contributed by atoms with E-state index in [4.69, 9.17) is 4.74 Å². The Morgan fingerprint density at radius 2 is 1.79 bits per heavy atom. The van der Waals surface area contributed by atoms with Crippen LogP contribution in [0.3, 0.4) is 0 Å². The Balaban J connectivity index is 1.48. The van der Waals surface area contributed by atoms with E-state index in [-0.39, 0.29) is 11.5 Å². The van der Waals surface area contributed by atoms with Gasteiger partial charge in [-0.25, -0.2) is 0 Å². The van der Waals surface area contributed by atoms with Crippen LogP contribution >= 0.6 is 0 Å². The van der Waals surface area contributed by atoms with E-state index in [9.17, 15) is 9.59 Å². The predicted octanol–water partition coefficient (Wildman–Crippen LogP) is 2.49. The average Bonchev–Trinajstić information content (AvgIpc) is 3.08. The van der Waals surface area contributed by atoms with Crippen LogP contribution in [0, 0.1) is 11.8 Å². The first-order chi connectivity index (χ1) is 11.6. The van der Waals surface area contributed by atoms with Gasteiger partial charge >= 0.3 is 0 Å². The first kappa shape index (κ1) is 17.7. The number of nitrogens with one attached hydrogen (secondary N) is 1. The molecule has 3 fully saturated rings. The smallest absolute Gasteiger partial charge is 0.222 e. The van der Waals surface area contributed by atoms with Gasteiger partial charge in [0, 0.05) is 39.6 Å². The van der Waals surface area contributed by atoms with E-state index in [1.807, 2.05) is 0 Å². The van der Waals surface area contributed by atoms with Gasteiger partial charge in [-0.2, -0.15) is 0 Å². The van der Waals surface area contributed by atoms with Gasteiger partial charge in [0.15, 0.2) is 0 Å². The maximum Gasteiger partial charge on any atom is 0.222 e. The third-order valence-corrected chi connectivity index (χ3v) is 6.31. The lowest BCUT2D eigenvalue weighted by Gasteiger charge is -2.46. The molecule has 0 aromatic heterocycles. The van der Waals surface area contributed by atoms with Crippen LogP contribution in [0.25, 0.3) is 0 Å². The normalized spacial score (nSPS) is 27.4. The molecule has 2 aliphatic heterocycles. The van der Waals surface area contributed by atoms with E-state index in [1.54, 1.807) is 7.05 Å². The van der Waals surface area contributed by atoms with Crippen molar-refractivity contribution in [3.05, 3.63) is 0 Å². The van der Waals surface area contributed by atoms with Crippen LogP contribution in [-0.2, 0) is 14.3 Å². The number of piperidine rings is 1. The molecule has 2 amide bonds. The van der Waals surface area contributed by atoms with Gasteiger partial charge in [-0.1, -0.05) is 12.8 Å². The first-order valence-electron chi connectivity index (χ1n) is 9.72. The Kier molecular flexibility index (Phi) is 5.80. The Hall–Kier alpha value is -1.10. The fourth-order valence-electron chi connectivity index (χ4n) is 4.77. The molecule has 1 atom stereocenters. The number of carbonyl (C=O) groups is 2. The van der Waals surface area contributed by atoms with Crippen molar-refractivity contribution in [1.29, 1.82) is 0 Å². The lowest BCUT2D eigenvalue weighted by molar-refractivity contribution is -0.149. The highest BCUT2D eigenvalue weighted by atomic mass is 16.5. The zero-order valence-corrected chi connectivity index (χ0v) is 15.0. The maximum absolute atomic E-state index is 12.5. The quantitative estimate of drug-likeness (QED) is 0.858. The summed E-state index contributed by atoms with van der Waals surface area (Å²) in [6, 6.07) is 0. The molecule has 5 nitrogen and oxygen atoms in total. The van der Waals surface area contributed by atoms with Gasteiger partial charge < -0.3 is 15.0 Å². The minimum absolute atomic E-state index is 0.0962. The fourth-order valence-corrected chi connectivity index (χ4v) is 4.77. The zero-order valence-electron chi connectivity index (χ0n) is 15.0. The summed E-state index contributed by atoms with van der Waals surface area (Å²) in [5, 5.41) is 2.73. The second-order valence-corrected chi connectivity index (χ2v) is 8.00. The van der Waals surface area contributed by atoms with Crippen LogP contribution < -0.4 is 5.32 Å². The van der Waals surface area contributed by atoms with Gasteiger partial charge in [-0.05, 0) is 50.4 Å². The van der Waals surface area contributed by atoms with Crippen LogP contribution in [0.4, 0.5) is 0 Å². The zero-order chi connectivity index (χ0) is 17.0. The summed E-state index contributed by atoms with van der Waals surface area (Å²) >= 11 is 0. The highest BCUT2D eigenvalue weighted by molar-refractivity contribution is 5.76. The molecule has 0 bridgehead atoms. The summed E-state index contributed by atoms with van der Waals surface area (Å²) < 4.78 is 6.14. The van der Waals surface area contributed by atoms with E-state index in [0.29, 0.717) is 24.2 Å². The molecule has 136 valence electrons. The molecule has 1 saturated carbocycles. The molecule has 5 heteroatoms. The number of amides is 2. The number of likely N-dealkylation sites (tertiary alicyclic amines) is 1. The van der Waals surface area contributed by atoms with Crippen LogP contribution in [0.2, 0.25) is 0 Å². The molecule has 1 N–H and O–H groups in total. The van der Waals surface area contributed by atoms with Crippen molar-refractivity contribution in [2.45, 2.75) is 69.8 Å². The third kappa shape index (κ3) is 4.29. The standard InChI is InChI=1S/C19H32N2O3/c1-20-17(22)12-16-6-11-24-19(14-16)7-9-21(10-8-19)18(23)13-15-4-2-3-5-15/h15-16H,2-14H2,1H3,(H,20,22). The molecule has 0 aromatic carbocycles. The van der Waals surface area contributed by atoms with Crippen molar-refractivity contribution < 1.29 is 14.3 Å². The van der Waals surface area contributed by atoms with E-state index in [1.165, 1.54) is 25.7 Å². The summed E-state index contributed by atoms with van der Waals surface area (Å²) in [7, 11) is 1.70. The molecule has 3 rings (SSSR count). The van der Waals surface area contributed by atoms with Crippen LogP contribution in [0.15, 0.2) is 0 Å². The predicted molar refractivity (Wildman–Crippen MR) is 92.5 cm³/mol. The third-order valence-electron chi connectivity index (χ3n) is 6.31. The van der Waals surface area contributed by atoms with E-state index in [2.05, 4.69) is 10.2 Å². The van der Waals surface area contributed by atoms with Crippen LogP contribution in [0.5, 0.6) is 0 Å². The molecule has 2 heterocycles. The second-order valence-electron chi connectivity index (χ2n) is 8.00. The summed E-state index contributed by atoms with van der Waals surface area (Å²) in [5.41, 5.74) is -0.0962. The fraction of sp³-hybridized carbons (Fsp3) is 0.895. The Bertz CT molecular complexity index is 452. The van der Waals surface area contributed by atoms with Gasteiger partial charge in [0.2, 0.25) is 11.8 Å². The van der Waals surface area contributed by atoms with Crippen molar-refractivity contribution in [2.24, 2.45) is 11.8 Å². The van der Waals surface area contributed by atoms with Crippen LogP contribution in [-0.4, -0.2) is 49.1 Å². The van der Waals surface area contributed by atoms with E-state index in [0.717, 1.165) is 51.8 Å². The van der Waals surface area contributed by atoms with Gasteiger partial charge in [-0.15, -0.1) is 0 Å². The number of rotatable bonds is 4. The van der Waals surface area contributed by atoms with Crippen molar-refractivity contribution in [2.75, 3.05) is 26.7 Å². The summed E-state index contributed by atoms with van der Waals surface area (Å²) in [5.74, 6) is 1.51. The first-order valence-corrected chi connectivity index (χ1v) is 9.72. The molecule has 3 aliphatic rings. The minimum Gasteiger partial charge on any atom is -0.375 e. The van der Waals surface area contributed by atoms with Crippen molar-refractivity contribution in [3.63, 3.8) is 0 Å². The molecule has 24 heavy (non-hydrogen) atoms. The molecular weight excluding hydrogens is 304 g/mol. The number of ether oxygens (including phenoxy) is 1. The summed E-state index contributed by atoms with van der Waals surface area (Å²) in [6.45, 7) is 2.38. The molecule has 1 spiro atoms. The summed E-state index contributed by atoms with van der Waals surface area (Å²) in [4.78, 5) is 26.2. The number of nitrogens with zero attached hydrogens (tertiary/aromatic N) is 1. The molecule has 0 radical (unpaired) electrons. The topological polar surface area (TPSA) is 58.6 Å².